The van der Waals surface area contributed by atoms with E-state index in [1.165, 1.54) is 116 Å². The Morgan fingerprint density at radius 2 is 0.873 bits per heavy atom. The van der Waals surface area contributed by atoms with Crippen molar-refractivity contribution in [3.8, 4) is 0 Å². The molecule has 2 saturated heterocycles. The van der Waals surface area contributed by atoms with Crippen molar-refractivity contribution in [3.63, 3.8) is 0 Å². The molecule has 0 radical (unpaired) electrons. The first-order valence-corrected chi connectivity index (χ1v) is 24.3. The topological polar surface area (TPSA) is 79.3 Å². The lowest BCUT2D eigenvalue weighted by atomic mass is 9.71. The standard InChI is InChI=1S/C48H92N2O5/c1-5-9-13-17-21-27-43(28-22-18-14-10-6-2)46(52)54-41-45(50-38-33-48(34-39-50)31-36-49(37-32-48)35-25-26-40-51)42-55-47(53)44(29-23-19-15-11-7-3)30-24-20-16-12-8-4/h43-45,51H,5-42H2,1-4H3. The fourth-order valence-corrected chi connectivity index (χ4v) is 9.15. The highest BCUT2D eigenvalue weighted by molar-refractivity contribution is 5.73. The van der Waals surface area contributed by atoms with Crippen molar-refractivity contribution in [2.75, 3.05) is 52.5 Å². The minimum absolute atomic E-state index is 0.0246. The molecule has 0 atom stereocenters. The maximum Gasteiger partial charge on any atom is 0.308 e. The van der Waals surface area contributed by atoms with Crippen molar-refractivity contribution in [3.05, 3.63) is 0 Å². The Labute approximate surface area is 341 Å². The van der Waals surface area contributed by atoms with E-state index in [1.54, 1.807) is 0 Å². The predicted molar refractivity (Wildman–Crippen MR) is 231 cm³/mol. The predicted octanol–water partition coefficient (Wildman–Crippen LogP) is 12.1. The van der Waals surface area contributed by atoms with E-state index < -0.39 is 0 Å². The van der Waals surface area contributed by atoms with Gasteiger partial charge in [0.1, 0.15) is 13.2 Å². The maximum atomic E-state index is 13.8. The Morgan fingerprint density at radius 3 is 1.24 bits per heavy atom. The second kappa shape index (κ2) is 32.7. The van der Waals surface area contributed by atoms with Crippen molar-refractivity contribution in [2.45, 2.75) is 226 Å². The normalized spacial score (nSPS) is 16.5. The van der Waals surface area contributed by atoms with Gasteiger partial charge in [0.2, 0.25) is 0 Å². The van der Waals surface area contributed by atoms with Crippen molar-refractivity contribution in [2.24, 2.45) is 17.3 Å². The zero-order valence-electron chi connectivity index (χ0n) is 37.1. The number of nitrogens with zero attached hydrogens (tertiary/aromatic N) is 2. The summed E-state index contributed by atoms with van der Waals surface area (Å²) in [6, 6.07) is -0.0895. The number of carbonyl (C=O) groups is 2. The van der Waals surface area contributed by atoms with Gasteiger partial charge in [0.25, 0.3) is 0 Å². The molecular weight excluding hydrogens is 685 g/mol. The lowest BCUT2D eigenvalue weighted by Crippen LogP contribution is -2.52. The smallest absolute Gasteiger partial charge is 0.308 e. The van der Waals surface area contributed by atoms with Crippen LogP contribution in [0.15, 0.2) is 0 Å². The summed E-state index contributed by atoms with van der Waals surface area (Å²) in [5.41, 5.74) is 0.392. The molecule has 2 aliphatic heterocycles. The molecule has 0 bridgehead atoms. The summed E-state index contributed by atoms with van der Waals surface area (Å²) in [6.07, 6.45) is 34.7. The minimum Gasteiger partial charge on any atom is -0.464 e. The lowest BCUT2D eigenvalue weighted by molar-refractivity contribution is -0.156. The number of ether oxygens (including phenoxy) is 2. The van der Waals surface area contributed by atoms with Gasteiger partial charge in [-0.25, -0.2) is 0 Å². The van der Waals surface area contributed by atoms with Crippen LogP contribution in [0.25, 0.3) is 0 Å². The van der Waals surface area contributed by atoms with E-state index in [4.69, 9.17) is 9.47 Å². The first kappa shape index (κ1) is 50.0. The summed E-state index contributed by atoms with van der Waals surface area (Å²) >= 11 is 0. The summed E-state index contributed by atoms with van der Waals surface area (Å²) in [5, 5.41) is 9.22. The van der Waals surface area contributed by atoms with E-state index in [1.807, 2.05) is 0 Å². The molecule has 324 valence electrons. The molecule has 7 heteroatoms. The third kappa shape index (κ3) is 22.5. The number of hydrogen-bond donors (Lipinski definition) is 1. The van der Waals surface area contributed by atoms with Crippen LogP contribution >= 0.6 is 0 Å². The van der Waals surface area contributed by atoms with Gasteiger partial charge < -0.3 is 19.5 Å². The van der Waals surface area contributed by atoms with E-state index >= 15 is 0 Å². The molecule has 2 fully saturated rings. The van der Waals surface area contributed by atoms with Crippen molar-refractivity contribution in [1.29, 1.82) is 0 Å². The number of rotatable bonds is 35. The second-order valence-electron chi connectivity index (χ2n) is 17.9. The lowest BCUT2D eigenvalue weighted by Gasteiger charge is -2.48. The van der Waals surface area contributed by atoms with Crippen LogP contribution in [0.2, 0.25) is 0 Å². The number of piperidine rings is 2. The molecular formula is C48H92N2O5. The maximum absolute atomic E-state index is 13.8. The third-order valence-electron chi connectivity index (χ3n) is 13.3. The summed E-state index contributed by atoms with van der Waals surface area (Å²) in [4.78, 5) is 32.7. The Morgan fingerprint density at radius 1 is 0.509 bits per heavy atom. The van der Waals surface area contributed by atoms with Gasteiger partial charge in [-0.3, -0.25) is 14.5 Å². The zero-order chi connectivity index (χ0) is 39.8. The molecule has 7 nitrogen and oxygen atoms in total. The molecule has 1 N–H and O–H groups in total. The van der Waals surface area contributed by atoms with Crippen LogP contribution in [0.5, 0.6) is 0 Å². The third-order valence-corrected chi connectivity index (χ3v) is 13.3. The fourth-order valence-electron chi connectivity index (χ4n) is 9.15. The first-order valence-electron chi connectivity index (χ1n) is 24.3. The van der Waals surface area contributed by atoms with Crippen LogP contribution in [0.1, 0.15) is 220 Å². The number of unbranched alkanes of at least 4 members (excludes halogenated alkanes) is 17. The van der Waals surface area contributed by atoms with E-state index in [-0.39, 0.29) is 36.4 Å². The van der Waals surface area contributed by atoms with Gasteiger partial charge in [-0.05, 0) is 102 Å². The molecule has 2 aliphatic rings. The molecule has 2 rings (SSSR count). The second-order valence-corrected chi connectivity index (χ2v) is 17.9. The van der Waals surface area contributed by atoms with Gasteiger partial charge in [-0.15, -0.1) is 0 Å². The van der Waals surface area contributed by atoms with Gasteiger partial charge in [-0.2, -0.15) is 0 Å². The number of hydrogen-bond acceptors (Lipinski definition) is 7. The van der Waals surface area contributed by atoms with Gasteiger partial charge in [0.15, 0.2) is 0 Å². The number of esters is 2. The van der Waals surface area contributed by atoms with Crippen LogP contribution in [0.3, 0.4) is 0 Å². The molecule has 0 aromatic heterocycles. The Balaban J connectivity index is 2.08. The van der Waals surface area contributed by atoms with Crippen LogP contribution < -0.4 is 0 Å². The molecule has 0 saturated carbocycles. The van der Waals surface area contributed by atoms with Crippen LogP contribution in [0.4, 0.5) is 0 Å². The summed E-state index contributed by atoms with van der Waals surface area (Å²) in [7, 11) is 0. The van der Waals surface area contributed by atoms with Gasteiger partial charge in [0, 0.05) is 6.61 Å². The van der Waals surface area contributed by atoms with Gasteiger partial charge in [0.05, 0.1) is 17.9 Å². The highest BCUT2D eigenvalue weighted by Crippen LogP contribution is 2.42. The zero-order valence-corrected chi connectivity index (χ0v) is 37.1. The molecule has 2 heterocycles. The molecule has 0 aliphatic carbocycles. The highest BCUT2D eigenvalue weighted by Gasteiger charge is 2.39. The van der Waals surface area contributed by atoms with E-state index in [0.717, 1.165) is 110 Å². The fraction of sp³-hybridized carbons (Fsp3) is 0.958. The van der Waals surface area contributed by atoms with Crippen LogP contribution in [-0.4, -0.2) is 85.4 Å². The van der Waals surface area contributed by atoms with Crippen molar-refractivity contribution < 1.29 is 24.2 Å². The van der Waals surface area contributed by atoms with E-state index in [0.29, 0.717) is 18.6 Å². The molecule has 0 unspecified atom stereocenters. The molecule has 0 amide bonds. The van der Waals surface area contributed by atoms with Gasteiger partial charge >= 0.3 is 11.9 Å². The monoisotopic (exact) mass is 777 g/mol. The van der Waals surface area contributed by atoms with E-state index in [2.05, 4.69) is 37.5 Å². The average Bonchev–Trinajstić information content (AvgIpc) is 3.20. The Kier molecular flexibility index (Phi) is 29.7. The number of likely N-dealkylation sites (tertiary alicyclic amines) is 2. The number of aliphatic hydroxyl groups excluding tert-OH is 1. The quantitative estimate of drug-likeness (QED) is 0.0507. The summed E-state index contributed by atoms with van der Waals surface area (Å²) < 4.78 is 12.5. The van der Waals surface area contributed by atoms with Gasteiger partial charge in [-0.1, -0.05) is 156 Å². The Bertz CT molecular complexity index is 836. The molecule has 0 aromatic rings. The molecule has 1 spiro atoms. The highest BCUT2D eigenvalue weighted by atomic mass is 16.5. The largest absolute Gasteiger partial charge is 0.464 e. The summed E-state index contributed by atoms with van der Waals surface area (Å²) in [5.74, 6) is -0.102. The van der Waals surface area contributed by atoms with E-state index in [9.17, 15) is 14.7 Å². The van der Waals surface area contributed by atoms with Crippen LogP contribution in [-0.2, 0) is 19.1 Å². The SMILES string of the molecule is CCCCCCCC(CCCCCCC)C(=O)OCC(COC(=O)C(CCCCCCC)CCCCCCC)N1CCC2(CCN(CCCCO)CC2)CC1. The van der Waals surface area contributed by atoms with Crippen molar-refractivity contribution >= 4 is 11.9 Å². The Hall–Kier alpha value is -1.18. The number of aliphatic hydroxyl groups is 1. The van der Waals surface area contributed by atoms with Crippen molar-refractivity contribution in [1.82, 2.24) is 9.80 Å². The number of carbonyl (C=O) groups excluding carboxylic acids is 2. The minimum atomic E-state index is -0.0895. The average molecular weight is 777 g/mol. The molecule has 0 aromatic carbocycles. The molecule has 55 heavy (non-hydrogen) atoms. The van der Waals surface area contributed by atoms with Crippen LogP contribution in [0, 0.1) is 17.3 Å². The first-order chi connectivity index (χ1) is 26.9. The summed E-state index contributed by atoms with van der Waals surface area (Å²) in [6.45, 7) is 15.3.